The maximum atomic E-state index is 12.2. The molecule has 4 nitrogen and oxygen atoms in total. The number of hydrogen-bond donors (Lipinski definition) is 2. The van der Waals surface area contributed by atoms with Gasteiger partial charge in [0, 0.05) is 41.9 Å². The van der Waals surface area contributed by atoms with E-state index in [2.05, 4.69) is 15.5 Å². The lowest BCUT2D eigenvalue weighted by Crippen LogP contribution is -2.51. The average Bonchev–Trinajstić information content (AvgIpc) is 2.37. The number of piperazine rings is 1. The van der Waals surface area contributed by atoms with Crippen molar-refractivity contribution in [1.29, 1.82) is 0 Å². The van der Waals surface area contributed by atoms with E-state index in [1.165, 1.54) is 0 Å². The smallest absolute Gasteiger partial charge is 0.241 e. The standard InChI is InChI=1S/C13H17Cl2N3O/c1-9(18-4-2-16-3-5-18)13(19)17-12-7-10(14)6-11(15)8-12/h6-9,16H,2-5H2,1H3,(H,17,19). The first-order valence-corrected chi connectivity index (χ1v) is 7.03. The third-order valence-corrected chi connectivity index (χ3v) is 3.65. The molecule has 1 atom stereocenters. The van der Waals surface area contributed by atoms with Crippen molar-refractivity contribution in [3.8, 4) is 0 Å². The van der Waals surface area contributed by atoms with Crippen LogP contribution in [-0.4, -0.2) is 43.0 Å². The molecule has 1 aliphatic rings. The van der Waals surface area contributed by atoms with Crippen molar-refractivity contribution in [1.82, 2.24) is 10.2 Å². The minimum absolute atomic E-state index is 0.0415. The van der Waals surface area contributed by atoms with Gasteiger partial charge in [0.2, 0.25) is 5.91 Å². The van der Waals surface area contributed by atoms with E-state index >= 15 is 0 Å². The van der Waals surface area contributed by atoms with Crippen LogP contribution in [-0.2, 0) is 4.79 Å². The summed E-state index contributed by atoms with van der Waals surface area (Å²) in [5.74, 6) is -0.0415. The van der Waals surface area contributed by atoms with Gasteiger partial charge >= 0.3 is 0 Å². The molecule has 19 heavy (non-hydrogen) atoms. The molecular weight excluding hydrogens is 285 g/mol. The highest BCUT2D eigenvalue weighted by Gasteiger charge is 2.22. The Morgan fingerprint density at radius 3 is 2.42 bits per heavy atom. The Bertz CT molecular complexity index is 441. The number of rotatable bonds is 3. The van der Waals surface area contributed by atoms with Crippen molar-refractivity contribution >= 4 is 34.8 Å². The Labute approximate surface area is 123 Å². The van der Waals surface area contributed by atoms with Gasteiger partial charge in [-0.25, -0.2) is 0 Å². The maximum absolute atomic E-state index is 12.2. The number of anilines is 1. The molecule has 1 saturated heterocycles. The lowest BCUT2D eigenvalue weighted by Gasteiger charge is -2.31. The Kier molecular flexibility index (Phi) is 5.05. The van der Waals surface area contributed by atoms with Crippen molar-refractivity contribution in [2.24, 2.45) is 0 Å². The zero-order chi connectivity index (χ0) is 13.8. The summed E-state index contributed by atoms with van der Waals surface area (Å²) in [7, 11) is 0. The quantitative estimate of drug-likeness (QED) is 0.900. The van der Waals surface area contributed by atoms with Crippen LogP contribution in [0.3, 0.4) is 0 Å². The number of benzene rings is 1. The highest BCUT2D eigenvalue weighted by Crippen LogP contribution is 2.22. The molecule has 1 heterocycles. The Hall–Kier alpha value is -0.810. The minimum atomic E-state index is -0.167. The Morgan fingerprint density at radius 2 is 1.84 bits per heavy atom. The summed E-state index contributed by atoms with van der Waals surface area (Å²) >= 11 is 11.8. The van der Waals surface area contributed by atoms with Gasteiger partial charge in [-0.1, -0.05) is 23.2 Å². The summed E-state index contributed by atoms with van der Waals surface area (Å²) < 4.78 is 0. The predicted octanol–water partition coefficient (Wildman–Crippen LogP) is 2.23. The second-order valence-electron chi connectivity index (χ2n) is 4.61. The molecule has 1 fully saturated rings. The van der Waals surface area contributed by atoms with Gasteiger partial charge in [-0.3, -0.25) is 9.69 Å². The fourth-order valence-electron chi connectivity index (χ4n) is 2.11. The van der Waals surface area contributed by atoms with Crippen molar-refractivity contribution in [3.05, 3.63) is 28.2 Å². The molecule has 1 unspecified atom stereocenters. The predicted molar refractivity (Wildman–Crippen MR) is 79.0 cm³/mol. The van der Waals surface area contributed by atoms with Gasteiger partial charge < -0.3 is 10.6 Å². The van der Waals surface area contributed by atoms with E-state index < -0.39 is 0 Å². The first-order chi connectivity index (χ1) is 9.06. The number of carbonyl (C=O) groups is 1. The van der Waals surface area contributed by atoms with Crippen LogP contribution in [0.1, 0.15) is 6.92 Å². The van der Waals surface area contributed by atoms with E-state index in [1.807, 2.05) is 6.92 Å². The zero-order valence-electron chi connectivity index (χ0n) is 10.7. The number of amides is 1. The van der Waals surface area contributed by atoms with Gasteiger partial charge in [0.25, 0.3) is 0 Å². The van der Waals surface area contributed by atoms with Crippen LogP contribution in [0.15, 0.2) is 18.2 Å². The molecule has 2 rings (SSSR count). The maximum Gasteiger partial charge on any atom is 0.241 e. The van der Waals surface area contributed by atoms with Crippen LogP contribution < -0.4 is 10.6 Å². The molecule has 0 radical (unpaired) electrons. The molecule has 0 aliphatic carbocycles. The topological polar surface area (TPSA) is 44.4 Å². The van der Waals surface area contributed by atoms with Gasteiger partial charge in [0.15, 0.2) is 0 Å². The van der Waals surface area contributed by atoms with Crippen LogP contribution in [0.2, 0.25) is 10.0 Å². The SMILES string of the molecule is CC(C(=O)Nc1cc(Cl)cc(Cl)c1)N1CCNCC1. The molecule has 0 saturated carbocycles. The summed E-state index contributed by atoms with van der Waals surface area (Å²) in [5, 5.41) is 7.14. The molecule has 0 spiro atoms. The van der Waals surface area contributed by atoms with E-state index in [1.54, 1.807) is 18.2 Å². The largest absolute Gasteiger partial charge is 0.325 e. The fraction of sp³-hybridized carbons (Fsp3) is 0.462. The first kappa shape index (κ1) is 14.6. The summed E-state index contributed by atoms with van der Waals surface area (Å²) in [5.41, 5.74) is 0.629. The van der Waals surface area contributed by atoms with Crippen LogP contribution in [0.25, 0.3) is 0 Å². The molecule has 1 aliphatic heterocycles. The molecule has 1 amide bonds. The minimum Gasteiger partial charge on any atom is -0.325 e. The van der Waals surface area contributed by atoms with E-state index in [9.17, 15) is 4.79 Å². The molecule has 104 valence electrons. The molecular formula is C13H17Cl2N3O. The normalized spacial score (nSPS) is 18.1. The monoisotopic (exact) mass is 301 g/mol. The molecule has 2 N–H and O–H groups in total. The van der Waals surface area contributed by atoms with Crippen LogP contribution in [0.5, 0.6) is 0 Å². The lowest BCUT2D eigenvalue weighted by molar-refractivity contribution is -0.120. The summed E-state index contributed by atoms with van der Waals surface area (Å²) in [6.45, 7) is 5.50. The molecule has 1 aromatic carbocycles. The second-order valence-corrected chi connectivity index (χ2v) is 5.48. The summed E-state index contributed by atoms with van der Waals surface area (Å²) in [6.07, 6.45) is 0. The molecule has 6 heteroatoms. The van der Waals surface area contributed by atoms with Crippen molar-refractivity contribution in [2.45, 2.75) is 13.0 Å². The third-order valence-electron chi connectivity index (χ3n) is 3.21. The van der Waals surface area contributed by atoms with Gasteiger partial charge in [-0.2, -0.15) is 0 Å². The molecule has 0 bridgehead atoms. The van der Waals surface area contributed by atoms with Crippen LogP contribution >= 0.6 is 23.2 Å². The molecule has 1 aromatic rings. The number of halogens is 2. The van der Waals surface area contributed by atoms with Crippen LogP contribution in [0.4, 0.5) is 5.69 Å². The fourth-order valence-corrected chi connectivity index (χ4v) is 2.63. The van der Waals surface area contributed by atoms with Crippen molar-refractivity contribution < 1.29 is 4.79 Å². The Morgan fingerprint density at radius 1 is 1.26 bits per heavy atom. The Balaban J connectivity index is 1.99. The van der Waals surface area contributed by atoms with E-state index in [4.69, 9.17) is 23.2 Å². The van der Waals surface area contributed by atoms with E-state index in [-0.39, 0.29) is 11.9 Å². The summed E-state index contributed by atoms with van der Waals surface area (Å²) in [4.78, 5) is 14.3. The van der Waals surface area contributed by atoms with E-state index in [0.717, 1.165) is 26.2 Å². The number of carbonyl (C=O) groups excluding carboxylic acids is 1. The van der Waals surface area contributed by atoms with Crippen molar-refractivity contribution in [2.75, 3.05) is 31.5 Å². The lowest BCUT2D eigenvalue weighted by atomic mass is 10.2. The van der Waals surface area contributed by atoms with Gasteiger partial charge in [-0.05, 0) is 25.1 Å². The van der Waals surface area contributed by atoms with Gasteiger partial charge in [0.1, 0.15) is 0 Å². The highest BCUT2D eigenvalue weighted by atomic mass is 35.5. The van der Waals surface area contributed by atoms with Crippen LogP contribution in [0, 0.1) is 0 Å². The van der Waals surface area contributed by atoms with E-state index in [0.29, 0.717) is 15.7 Å². The van der Waals surface area contributed by atoms with Gasteiger partial charge in [0.05, 0.1) is 6.04 Å². The third kappa shape index (κ3) is 4.08. The average molecular weight is 302 g/mol. The number of nitrogens with one attached hydrogen (secondary N) is 2. The zero-order valence-corrected chi connectivity index (χ0v) is 12.3. The van der Waals surface area contributed by atoms with Gasteiger partial charge in [-0.15, -0.1) is 0 Å². The number of nitrogens with zero attached hydrogens (tertiary/aromatic N) is 1. The first-order valence-electron chi connectivity index (χ1n) is 6.28. The summed E-state index contributed by atoms with van der Waals surface area (Å²) in [6, 6.07) is 4.85. The van der Waals surface area contributed by atoms with Crippen molar-refractivity contribution in [3.63, 3.8) is 0 Å². The molecule has 0 aromatic heterocycles. The highest BCUT2D eigenvalue weighted by molar-refractivity contribution is 6.35. The number of hydrogen-bond acceptors (Lipinski definition) is 3. The second kappa shape index (κ2) is 6.57.